The molecule has 2 unspecified atom stereocenters. The Morgan fingerprint density at radius 3 is 2.70 bits per heavy atom. The second kappa shape index (κ2) is 8.88. The number of carbonyl (C=O) groups excluding carboxylic acids is 2. The number of hydrogen-bond donors (Lipinski definition) is 2. The number of nitrogens with one attached hydrogen (secondary N) is 2. The van der Waals surface area contributed by atoms with E-state index in [1.165, 1.54) is 0 Å². The first-order valence-corrected chi connectivity index (χ1v) is 8.73. The first-order valence-electron chi connectivity index (χ1n) is 8.73. The molecule has 0 radical (unpaired) electrons. The average molecular weight is 346 g/mol. The quantitative estimate of drug-likeness (QED) is 0.773. The van der Waals surface area contributed by atoms with Gasteiger partial charge in [0.15, 0.2) is 0 Å². The summed E-state index contributed by atoms with van der Waals surface area (Å²) < 4.78 is 0. The molecule has 0 aromatic carbocycles. The molecule has 2 N–H and O–H groups in total. The van der Waals surface area contributed by atoms with E-state index in [4.69, 9.17) is 0 Å². The van der Waals surface area contributed by atoms with Crippen LogP contribution >= 0.6 is 12.4 Å². The summed E-state index contributed by atoms with van der Waals surface area (Å²) in [6.45, 7) is 9.81. The zero-order chi connectivity index (χ0) is 16.2. The number of piperidine rings is 1. The zero-order valence-electron chi connectivity index (χ0n) is 14.7. The number of nitrogens with zero attached hydrogens (tertiary/aromatic N) is 1. The predicted molar refractivity (Wildman–Crippen MR) is 94.7 cm³/mol. The van der Waals surface area contributed by atoms with Gasteiger partial charge < -0.3 is 15.5 Å². The van der Waals surface area contributed by atoms with Crippen molar-refractivity contribution in [3.8, 4) is 0 Å². The van der Waals surface area contributed by atoms with E-state index in [0.717, 1.165) is 45.3 Å². The summed E-state index contributed by atoms with van der Waals surface area (Å²) in [5.41, 5.74) is 0.193. The SMILES string of the molecule is CCCC(C)N1CC(C(=O)NCC2(C)CCNCC2)CC1=O.Cl. The van der Waals surface area contributed by atoms with E-state index >= 15 is 0 Å². The fourth-order valence-electron chi connectivity index (χ4n) is 3.56. The standard InChI is InChI=1S/C17H31N3O2.ClH/c1-4-5-13(2)20-11-14(10-15(20)21)16(22)19-12-17(3)6-8-18-9-7-17;/h13-14,18H,4-12H2,1-3H3,(H,19,22);1H. The van der Waals surface area contributed by atoms with Gasteiger partial charge in [-0.15, -0.1) is 12.4 Å². The molecule has 2 atom stereocenters. The van der Waals surface area contributed by atoms with Gasteiger partial charge in [-0.05, 0) is 44.7 Å². The van der Waals surface area contributed by atoms with E-state index in [1.807, 2.05) is 4.90 Å². The maximum atomic E-state index is 12.4. The van der Waals surface area contributed by atoms with Crippen molar-refractivity contribution in [3.05, 3.63) is 0 Å². The number of amides is 2. The maximum Gasteiger partial charge on any atom is 0.225 e. The summed E-state index contributed by atoms with van der Waals surface area (Å²) in [4.78, 5) is 26.4. The van der Waals surface area contributed by atoms with Crippen molar-refractivity contribution in [3.63, 3.8) is 0 Å². The molecule has 6 heteroatoms. The van der Waals surface area contributed by atoms with Crippen LogP contribution in [0, 0.1) is 11.3 Å². The Balaban J connectivity index is 0.00000264. The lowest BCUT2D eigenvalue weighted by atomic mass is 9.81. The summed E-state index contributed by atoms with van der Waals surface area (Å²) in [6.07, 6.45) is 4.63. The number of rotatable bonds is 6. The fourth-order valence-corrected chi connectivity index (χ4v) is 3.56. The normalized spacial score (nSPS) is 24.9. The highest BCUT2D eigenvalue weighted by atomic mass is 35.5. The second-order valence-corrected chi connectivity index (χ2v) is 7.36. The first-order chi connectivity index (χ1) is 10.4. The maximum absolute atomic E-state index is 12.4. The molecule has 2 aliphatic rings. The highest BCUT2D eigenvalue weighted by Gasteiger charge is 2.37. The number of likely N-dealkylation sites (tertiary alicyclic amines) is 1. The van der Waals surface area contributed by atoms with Gasteiger partial charge in [0.25, 0.3) is 0 Å². The molecule has 0 aliphatic carbocycles. The summed E-state index contributed by atoms with van der Waals surface area (Å²) in [6, 6.07) is 0.247. The number of carbonyl (C=O) groups is 2. The van der Waals surface area contributed by atoms with E-state index in [9.17, 15) is 9.59 Å². The molecule has 2 aliphatic heterocycles. The average Bonchev–Trinajstić information content (AvgIpc) is 2.88. The largest absolute Gasteiger partial charge is 0.355 e. The molecule has 23 heavy (non-hydrogen) atoms. The third kappa shape index (κ3) is 5.35. The predicted octanol–water partition coefficient (Wildman–Crippen LogP) is 1.95. The van der Waals surface area contributed by atoms with Gasteiger partial charge in [-0.3, -0.25) is 9.59 Å². The minimum Gasteiger partial charge on any atom is -0.355 e. The van der Waals surface area contributed by atoms with Crippen molar-refractivity contribution in [2.45, 2.75) is 58.9 Å². The Bertz CT molecular complexity index is 411. The van der Waals surface area contributed by atoms with Gasteiger partial charge in [-0.2, -0.15) is 0 Å². The van der Waals surface area contributed by atoms with Crippen LogP contribution in [-0.2, 0) is 9.59 Å². The molecule has 2 amide bonds. The third-order valence-electron chi connectivity index (χ3n) is 5.27. The van der Waals surface area contributed by atoms with Gasteiger partial charge >= 0.3 is 0 Å². The van der Waals surface area contributed by atoms with Gasteiger partial charge in [-0.1, -0.05) is 20.3 Å². The third-order valence-corrected chi connectivity index (χ3v) is 5.27. The van der Waals surface area contributed by atoms with Crippen molar-refractivity contribution < 1.29 is 9.59 Å². The molecule has 5 nitrogen and oxygen atoms in total. The van der Waals surface area contributed by atoms with Gasteiger partial charge in [0.2, 0.25) is 11.8 Å². The Hall–Kier alpha value is -0.810. The van der Waals surface area contributed by atoms with Crippen molar-refractivity contribution in [1.29, 1.82) is 0 Å². The van der Waals surface area contributed by atoms with E-state index in [0.29, 0.717) is 13.0 Å². The lowest BCUT2D eigenvalue weighted by Crippen LogP contribution is -2.44. The molecule has 0 bridgehead atoms. The summed E-state index contributed by atoms with van der Waals surface area (Å²) in [7, 11) is 0. The lowest BCUT2D eigenvalue weighted by Gasteiger charge is -2.34. The van der Waals surface area contributed by atoms with Crippen molar-refractivity contribution >= 4 is 24.2 Å². The van der Waals surface area contributed by atoms with Crippen LogP contribution < -0.4 is 10.6 Å². The van der Waals surface area contributed by atoms with E-state index < -0.39 is 0 Å². The Morgan fingerprint density at radius 1 is 1.43 bits per heavy atom. The lowest BCUT2D eigenvalue weighted by molar-refractivity contribution is -0.130. The molecule has 0 aromatic rings. The minimum atomic E-state index is -0.169. The van der Waals surface area contributed by atoms with E-state index in [-0.39, 0.29) is 41.6 Å². The van der Waals surface area contributed by atoms with Gasteiger partial charge in [-0.25, -0.2) is 0 Å². The molecule has 2 saturated heterocycles. The second-order valence-electron chi connectivity index (χ2n) is 7.36. The molecule has 0 spiro atoms. The molecule has 2 heterocycles. The summed E-state index contributed by atoms with van der Waals surface area (Å²) >= 11 is 0. The van der Waals surface area contributed by atoms with Crippen LogP contribution in [0.1, 0.15) is 52.9 Å². The fraction of sp³-hybridized carbons (Fsp3) is 0.882. The Labute approximate surface area is 146 Å². The Kier molecular flexibility index (Phi) is 7.81. The van der Waals surface area contributed by atoms with Crippen molar-refractivity contribution in [1.82, 2.24) is 15.5 Å². The Morgan fingerprint density at radius 2 is 2.09 bits per heavy atom. The highest BCUT2D eigenvalue weighted by molar-refractivity contribution is 5.89. The first kappa shape index (κ1) is 20.2. The van der Waals surface area contributed by atoms with Crippen LogP contribution in [0.2, 0.25) is 0 Å². The topological polar surface area (TPSA) is 61.4 Å². The van der Waals surface area contributed by atoms with Crippen LogP contribution in [0.25, 0.3) is 0 Å². The molecular weight excluding hydrogens is 314 g/mol. The van der Waals surface area contributed by atoms with Gasteiger partial charge in [0.1, 0.15) is 0 Å². The zero-order valence-corrected chi connectivity index (χ0v) is 15.5. The van der Waals surface area contributed by atoms with E-state index in [1.54, 1.807) is 0 Å². The van der Waals surface area contributed by atoms with Crippen LogP contribution in [0.5, 0.6) is 0 Å². The monoisotopic (exact) mass is 345 g/mol. The summed E-state index contributed by atoms with van der Waals surface area (Å²) in [5, 5.41) is 6.46. The van der Waals surface area contributed by atoms with Crippen molar-refractivity contribution in [2.75, 3.05) is 26.2 Å². The smallest absolute Gasteiger partial charge is 0.225 e. The minimum absolute atomic E-state index is 0. The molecular formula is C17H32ClN3O2. The number of hydrogen-bond acceptors (Lipinski definition) is 3. The molecule has 134 valence electrons. The van der Waals surface area contributed by atoms with Crippen LogP contribution in [0.3, 0.4) is 0 Å². The van der Waals surface area contributed by atoms with Crippen molar-refractivity contribution in [2.24, 2.45) is 11.3 Å². The highest BCUT2D eigenvalue weighted by Crippen LogP contribution is 2.27. The van der Waals surface area contributed by atoms with E-state index in [2.05, 4.69) is 31.4 Å². The number of halogens is 1. The van der Waals surface area contributed by atoms with Crippen LogP contribution in [-0.4, -0.2) is 48.9 Å². The van der Waals surface area contributed by atoms with Gasteiger partial charge in [0.05, 0.1) is 5.92 Å². The molecule has 0 saturated carbocycles. The van der Waals surface area contributed by atoms with Crippen LogP contribution in [0.4, 0.5) is 0 Å². The van der Waals surface area contributed by atoms with Crippen LogP contribution in [0.15, 0.2) is 0 Å². The molecule has 2 fully saturated rings. The van der Waals surface area contributed by atoms with Gasteiger partial charge in [0, 0.05) is 25.6 Å². The summed E-state index contributed by atoms with van der Waals surface area (Å²) in [5.74, 6) is 0.0191. The molecule has 0 aromatic heterocycles. The molecule has 2 rings (SSSR count).